The second-order valence-electron chi connectivity index (χ2n) is 6.29. The molecule has 140 valence electrons. The van der Waals surface area contributed by atoms with Crippen LogP contribution in [-0.2, 0) is 0 Å². The van der Waals surface area contributed by atoms with Crippen LogP contribution in [0.25, 0.3) is 10.1 Å². The van der Waals surface area contributed by atoms with Crippen LogP contribution in [0.2, 0.25) is 15.1 Å². The first kappa shape index (κ1) is 19.3. The Labute approximate surface area is 181 Å². The lowest BCUT2D eigenvalue weighted by Crippen LogP contribution is -2.25. The number of benzene rings is 3. The van der Waals surface area contributed by atoms with E-state index in [0.29, 0.717) is 31.3 Å². The summed E-state index contributed by atoms with van der Waals surface area (Å²) in [5.74, 6) is -0.199. The van der Waals surface area contributed by atoms with E-state index in [0.717, 1.165) is 15.6 Å². The Morgan fingerprint density at radius 2 is 1.57 bits per heavy atom. The maximum absolute atomic E-state index is 13.6. The third-order valence-corrected chi connectivity index (χ3v) is 6.76. The minimum absolute atomic E-state index is 0.199. The number of rotatable bonds is 3. The van der Waals surface area contributed by atoms with Gasteiger partial charge >= 0.3 is 0 Å². The van der Waals surface area contributed by atoms with Gasteiger partial charge in [-0.3, -0.25) is 9.69 Å². The molecule has 0 radical (unpaired) electrons. The molecule has 0 aliphatic carbocycles. The zero-order valence-electron chi connectivity index (χ0n) is 14.7. The second-order valence-corrected chi connectivity index (χ2v) is 8.57. The van der Waals surface area contributed by atoms with Gasteiger partial charge in [-0.15, -0.1) is 11.3 Å². The van der Waals surface area contributed by atoms with Crippen molar-refractivity contribution in [3.8, 4) is 0 Å². The van der Waals surface area contributed by atoms with E-state index in [4.69, 9.17) is 34.8 Å². The highest BCUT2D eigenvalue weighted by Gasteiger charge is 2.25. The number of fused-ring (bicyclic) bond motifs is 1. The van der Waals surface area contributed by atoms with E-state index in [9.17, 15) is 4.79 Å². The van der Waals surface area contributed by atoms with Crippen molar-refractivity contribution >= 4 is 73.5 Å². The van der Waals surface area contributed by atoms with E-state index in [-0.39, 0.29) is 5.91 Å². The molecule has 1 aromatic heterocycles. The van der Waals surface area contributed by atoms with Gasteiger partial charge in [-0.05, 0) is 61.0 Å². The number of aryl methyl sites for hydroxylation is 1. The number of carbonyl (C=O) groups is 1. The summed E-state index contributed by atoms with van der Waals surface area (Å²) in [7, 11) is 0. The predicted molar refractivity (Wildman–Crippen MR) is 121 cm³/mol. The SMILES string of the molecule is Cc1cc(N(C(=O)c2sc3ccccc3c2Cl)c2ccc(Cl)cc2)ccc1Cl. The number of thiophene rings is 1. The fraction of sp³-hybridized carbons (Fsp3) is 0.0455. The number of halogens is 3. The summed E-state index contributed by atoms with van der Waals surface area (Å²) in [5, 5.41) is 2.59. The zero-order valence-corrected chi connectivity index (χ0v) is 17.8. The van der Waals surface area contributed by atoms with Crippen molar-refractivity contribution in [2.75, 3.05) is 4.90 Å². The molecule has 0 aliphatic heterocycles. The van der Waals surface area contributed by atoms with Crippen molar-refractivity contribution in [2.45, 2.75) is 6.92 Å². The van der Waals surface area contributed by atoms with Gasteiger partial charge in [0.15, 0.2) is 0 Å². The Morgan fingerprint density at radius 3 is 2.25 bits per heavy atom. The molecule has 1 amide bonds. The van der Waals surface area contributed by atoms with Crippen LogP contribution in [-0.4, -0.2) is 5.91 Å². The Kier molecular flexibility index (Phi) is 5.35. The number of hydrogen-bond donors (Lipinski definition) is 0. The summed E-state index contributed by atoms with van der Waals surface area (Å²) in [6, 6.07) is 20.4. The van der Waals surface area contributed by atoms with Crippen LogP contribution in [0.5, 0.6) is 0 Å². The highest BCUT2D eigenvalue weighted by molar-refractivity contribution is 7.21. The predicted octanol–water partition coefficient (Wildman–Crippen LogP) is 8.15. The molecule has 0 saturated carbocycles. The minimum Gasteiger partial charge on any atom is -0.276 e. The molecular formula is C22H14Cl3NOS. The second kappa shape index (κ2) is 7.76. The molecule has 0 unspecified atom stereocenters. The summed E-state index contributed by atoms with van der Waals surface area (Å²) < 4.78 is 0.971. The molecule has 2 nitrogen and oxygen atoms in total. The van der Waals surface area contributed by atoms with Crippen LogP contribution in [0.4, 0.5) is 11.4 Å². The van der Waals surface area contributed by atoms with Gasteiger partial charge in [-0.1, -0.05) is 53.0 Å². The Morgan fingerprint density at radius 1 is 0.893 bits per heavy atom. The van der Waals surface area contributed by atoms with E-state index in [1.165, 1.54) is 11.3 Å². The normalized spacial score (nSPS) is 11.0. The van der Waals surface area contributed by atoms with Crippen LogP contribution in [0.3, 0.4) is 0 Å². The highest BCUT2D eigenvalue weighted by Crippen LogP contribution is 2.39. The Bertz CT molecular complexity index is 1180. The van der Waals surface area contributed by atoms with E-state index in [1.807, 2.05) is 55.5 Å². The largest absolute Gasteiger partial charge is 0.276 e. The van der Waals surface area contributed by atoms with Crippen LogP contribution in [0.15, 0.2) is 66.7 Å². The molecule has 0 N–H and O–H groups in total. The molecule has 28 heavy (non-hydrogen) atoms. The highest BCUT2D eigenvalue weighted by atomic mass is 35.5. The topological polar surface area (TPSA) is 20.3 Å². The molecule has 1 heterocycles. The van der Waals surface area contributed by atoms with Crippen molar-refractivity contribution in [3.63, 3.8) is 0 Å². The average molecular weight is 447 g/mol. The van der Waals surface area contributed by atoms with Gasteiger partial charge in [0.25, 0.3) is 5.91 Å². The van der Waals surface area contributed by atoms with Crippen molar-refractivity contribution in [1.29, 1.82) is 0 Å². The molecule has 3 aromatic carbocycles. The van der Waals surface area contributed by atoms with Gasteiger partial charge in [-0.2, -0.15) is 0 Å². The molecular weight excluding hydrogens is 433 g/mol. The standard InChI is InChI=1S/C22H14Cl3NOS/c1-13-12-16(10-11-18(13)24)26(15-8-6-14(23)7-9-15)22(27)21-20(25)17-4-2-3-5-19(17)28-21/h2-12H,1H3. The molecule has 6 heteroatoms. The maximum Gasteiger partial charge on any atom is 0.274 e. The minimum atomic E-state index is -0.199. The van der Waals surface area contributed by atoms with Crippen LogP contribution in [0, 0.1) is 6.92 Å². The summed E-state index contributed by atoms with van der Waals surface area (Å²) in [6.07, 6.45) is 0. The van der Waals surface area contributed by atoms with E-state index < -0.39 is 0 Å². The van der Waals surface area contributed by atoms with Crippen molar-refractivity contribution in [1.82, 2.24) is 0 Å². The first-order chi connectivity index (χ1) is 13.5. The molecule has 0 bridgehead atoms. The van der Waals surface area contributed by atoms with E-state index in [2.05, 4.69) is 0 Å². The average Bonchev–Trinajstić information content (AvgIpc) is 3.03. The number of anilines is 2. The van der Waals surface area contributed by atoms with Gasteiger partial charge < -0.3 is 0 Å². The van der Waals surface area contributed by atoms with Gasteiger partial charge in [-0.25, -0.2) is 0 Å². The summed E-state index contributed by atoms with van der Waals surface area (Å²) in [5.41, 5.74) is 2.29. The van der Waals surface area contributed by atoms with Crippen molar-refractivity contribution in [3.05, 3.63) is 92.2 Å². The zero-order chi connectivity index (χ0) is 19.8. The first-order valence-corrected chi connectivity index (χ1v) is 10.4. The third-order valence-electron chi connectivity index (χ3n) is 4.42. The number of amides is 1. The fourth-order valence-electron chi connectivity index (χ4n) is 2.99. The number of hydrogen-bond acceptors (Lipinski definition) is 2. The molecule has 4 rings (SSSR count). The monoisotopic (exact) mass is 445 g/mol. The number of carbonyl (C=O) groups excluding carboxylic acids is 1. The molecule has 0 saturated heterocycles. The number of nitrogens with zero attached hydrogens (tertiary/aromatic N) is 1. The Balaban J connectivity index is 1.88. The third kappa shape index (κ3) is 3.51. The molecule has 0 aliphatic rings. The first-order valence-electron chi connectivity index (χ1n) is 8.49. The quantitative estimate of drug-likeness (QED) is 0.311. The summed E-state index contributed by atoms with van der Waals surface area (Å²) in [6.45, 7) is 1.91. The van der Waals surface area contributed by atoms with Crippen LogP contribution in [0.1, 0.15) is 15.2 Å². The van der Waals surface area contributed by atoms with Crippen molar-refractivity contribution < 1.29 is 4.79 Å². The lowest BCUT2D eigenvalue weighted by atomic mass is 10.1. The Hall–Kier alpha value is -2.04. The van der Waals surface area contributed by atoms with Gasteiger partial charge in [0, 0.05) is 31.5 Å². The lowest BCUT2D eigenvalue weighted by Gasteiger charge is -2.23. The molecule has 0 spiro atoms. The van der Waals surface area contributed by atoms with Gasteiger partial charge in [0.1, 0.15) is 4.88 Å². The lowest BCUT2D eigenvalue weighted by molar-refractivity contribution is 0.100. The van der Waals surface area contributed by atoms with Crippen LogP contribution < -0.4 is 4.90 Å². The van der Waals surface area contributed by atoms with E-state index in [1.54, 1.807) is 23.1 Å². The molecule has 0 atom stereocenters. The molecule has 0 fully saturated rings. The molecule has 4 aromatic rings. The van der Waals surface area contributed by atoms with Crippen molar-refractivity contribution in [2.24, 2.45) is 0 Å². The summed E-state index contributed by atoms with van der Waals surface area (Å²) >= 11 is 20.2. The van der Waals surface area contributed by atoms with Crippen LogP contribution >= 0.6 is 46.1 Å². The maximum atomic E-state index is 13.6. The van der Waals surface area contributed by atoms with Gasteiger partial charge in [0.05, 0.1) is 5.02 Å². The van der Waals surface area contributed by atoms with Gasteiger partial charge in [0.2, 0.25) is 0 Å². The smallest absolute Gasteiger partial charge is 0.274 e. The fourth-order valence-corrected chi connectivity index (χ4v) is 4.68. The van der Waals surface area contributed by atoms with E-state index >= 15 is 0 Å². The summed E-state index contributed by atoms with van der Waals surface area (Å²) in [4.78, 5) is 15.7.